The number of carboxylic acids is 1. The van der Waals surface area contributed by atoms with Gasteiger partial charge in [-0.1, -0.05) is 6.07 Å². The van der Waals surface area contributed by atoms with Crippen LogP contribution in [0.4, 0.5) is 15.9 Å². The number of carbonyl (C=O) groups excluding carboxylic acids is 1. The Hall–Kier alpha value is -3.23. The third kappa shape index (κ3) is 4.30. The average molecular weight is 428 g/mol. The zero-order chi connectivity index (χ0) is 22.1. The summed E-state index contributed by atoms with van der Waals surface area (Å²) < 4.78 is 20.8. The first-order valence-electron chi connectivity index (χ1n) is 10.4. The molecule has 1 saturated carbocycles. The van der Waals surface area contributed by atoms with Gasteiger partial charge >= 0.3 is 5.97 Å². The van der Waals surface area contributed by atoms with Crippen LogP contribution in [0.2, 0.25) is 0 Å². The molecule has 1 amide bonds. The molecule has 4 rings (SSSR count). The second kappa shape index (κ2) is 8.49. The van der Waals surface area contributed by atoms with Crippen LogP contribution in [0.1, 0.15) is 60.9 Å². The zero-order valence-electron chi connectivity index (χ0n) is 17.3. The monoisotopic (exact) mass is 428 g/mol. The number of fused-ring (bicyclic) bond motifs is 1. The van der Waals surface area contributed by atoms with Gasteiger partial charge in [0, 0.05) is 12.1 Å². The van der Waals surface area contributed by atoms with Crippen LogP contribution in [-0.4, -0.2) is 39.6 Å². The minimum atomic E-state index is -0.785. The molecule has 1 atom stereocenters. The summed E-state index contributed by atoms with van der Waals surface area (Å²) in [6.07, 6.45) is 4.09. The summed E-state index contributed by atoms with van der Waals surface area (Å²) in [6.45, 7) is 2.02. The highest BCUT2D eigenvalue weighted by molar-refractivity contribution is 6.10. The van der Waals surface area contributed by atoms with Gasteiger partial charge in [0.25, 0.3) is 5.91 Å². The molecule has 9 heteroatoms. The molecular formula is C22H25FN4O4. The molecule has 31 heavy (non-hydrogen) atoms. The van der Waals surface area contributed by atoms with Gasteiger partial charge in [-0.25, -0.2) is 14.4 Å². The van der Waals surface area contributed by atoms with Crippen molar-refractivity contribution in [3.05, 3.63) is 41.5 Å². The lowest BCUT2D eigenvalue weighted by atomic mass is 9.77. The van der Waals surface area contributed by atoms with Gasteiger partial charge in [0.05, 0.1) is 6.54 Å². The van der Waals surface area contributed by atoms with Crippen molar-refractivity contribution in [1.82, 2.24) is 9.97 Å². The molecule has 2 heterocycles. The van der Waals surface area contributed by atoms with Crippen LogP contribution in [0.3, 0.4) is 0 Å². The Morgan fingerprint density at radius 3 is 2.71 bits per heavy atom. The number of rotatable bonds is 4. The standard InChI is InChI=1S/C22H25FN4O4/c1-12-10-27(22(30)19-20(24)25-11-26-21(19)31-12)15-6-7-16(17(23)9-15)14-4-2-13(3-5-14)8-18(28)29/h6-7,9,11-14H,2-5,8,10H2,1H3,(H,28,29)(H2,24,25,26)/t12-,13-,14+/m1/s1. The van der Waals surface area contributed by atoms with E-state index >= 15 is 4.39 Å². The smallest absolute Gasteiger partial charge is 0.303 e. The van der Waals surface area contributed by atoms with E-state index in [1.54, 1.807) is 19.1 Å². The van der Waals surface area contributed by atoms with Crippen LogP contribution >= 0.6 is 0 Å². The number of carboxylic acid groups (broad SMARTS) is 1. The number of benzene rings is 1. The van der Waals surface area contributed by atoms with E-state index in [-0.39, 0.29) is 54.0 Å². The molecule has 1 aromatic heterocycles. The van der Waals surface area contributed by atoms with Gasteiger partial charge in [-0.15, -0.1) is 0 Å². The topological polar surface area (TPSA) is 119 Å². The fraction of sp³-hybridized carbons (Fsp3) is 0.455. The maximum absolute atomic E-state index is 15.1. The van der Waals surface area contributed by atoms with E-state index in [0.29, 0.717) is 11.3 Å². The lowest BCUT2D eigenvalue weighted by Crippen LogP contribution is -2.36. The normalized spacial score (nSPS) is 23.6. The number of nitrogen functional groups attached to an aromatic ring is 1. The summed E-state index contributed by atoms with van der Waals surface area (Å²) in [5.74, 6) is -1.24. The molecule has 0 radical (unpaired) electrons. The fourth-order valence-electron chi connectivity index (χ4n) is 4.54. The summed E-state index contributed by atoms with van der Waals surface area (Å²) in [6, 6.07) is 4.83. The molecule has 1 aliphatic carbocycles. The Labute approximate surface area is 179 Å². The second-order valence-corrected chi connectivity index (χ2v) is 8.30. The molecule has 0 saturated heterocycles. The molecule has 2 aromatic rings. The number of hydrogen-bond acceptors (Lipinski definition) is 6. The lowest BCUT2D eigenvalue weighted by Gasteiger charge is -2.29. The summed E-state index contributed by atoms with van der Waals surface area (Å²) in [7, 11) is 0. The predicted octanol–water partition coefficient (Wildman–Crippen LogP) is 3.37. The summed E-state index contributed by atoms with van der Waals surface area (Å²) in [5.41, 5.74) is 6.99. The second-order valence-electron chi connectivity index (χ2n) is 8.30. The Balaban J connectivity index is 1.56. The van der Waals surface area contributed by atoms with E-state index in [9.17, 15) is 9.59 Å². The van der Waals surface area contributed by atoms with Crippen molar-refractivity contribution in [1.29, 1.82) is 0 Å². The highest BCUT2D eigenvalue weighted by Crippen LogP contribution is 2.39. The largest absolute Gasteiger partial charge is 0.481 e. The van der Waals surface area contributed by atoms with Crippen molar-refractivity contribution in [3.63, 3.8) is 0 Å². The van der Waals surface area contributed by atoms with Gasteiger partial charge in [-0.3, -0.25) is 9.59 Å². The molecular weight excluding hydrogens is 403 g/mol. The highest BCUT2D eigenvalue weighted by Gasteiger charge is 2.32. The van der Waals surface area contributed by atoms with E-state index in [1.165, 1.54) is 17.3 Å². The first-order chi connectivity index (χ1) is 14.8. The number of aliphatic carboxylic acids is 1. The third-order valence-electron chi connectivity index (χ3n) is 6.10. The van der Waals surface area contributed by atoms with E-state index in [1.807, 2.05) is 0 Å². The predicted molar refractivity (Wildman–Crippen MR) is 112 cm³/mol. The molecule has 1 aliphatic heterocycles. The summed E-state index contributed by atoms with van der Waals surface area (Å²) in [5, 5.41) is 8.97. The van der Waals surface area contributed by atoms with Crippen molar-refractivity contribution >= 4 is 23.4 Å². The Bertz CT molecular complexity index is 1010. The average Bonchev–Trinajstić information content (AvgIpc) is 2.85. The van der Waals surface area contributed by atoms with Crippen LogP contribution in [0, 0.1) is 11.7 Å². The van der Waals surface area contributed by atoms with Crippen molar-refractivity contribution in [2.45, 2.75) is 51.0 Å². The Morgan fingerprint density at radius 2 is 2.03 bits per heavy atom. The number of halogens is 1. The SMILES string of the molecule is C[C@@H]1CN(c2ccc([C@H]3CC[C@@H](CC(=O)O)CC3)c(F)c2)C(=O)c2c(N)ncnc2O1. The van der Waals surface area contributed by atoms with E-state index in [2.05, 4.69) is 9.97 Å². The molecule has 1 aromatic carbocycles. The van der Waals surface area contributed by atoms with E-state index in [4.69, 9.17) is 15.6 Å². The quantitative estimate of drug-likeness (QED) is 0.766. The van der Waals surface area contributed by atoms with Crippen molar-refractivity contribution in [2.75, 3.05) is 17.2 Å². The number of hydrogen-bond donors (Lipinski definition) is 2. The van der Waals surface area contributed by atoms with E-state index in [0.717, 1.165) is 25.7 Å². The maximum Gasteiger partial charge on any atom is 0.303 e. The minimum Gasteiger partial charge on any atom is -0.481 e. The number of carbonyl (C=O) groups is 2. The number of ether oxygens (including phenoxy) is 1. The fourth-order valence-corrected chi connectivity index (χ4v) is 4.54. The molecule has 2 aliphatic rings. The molecule has 1 fully saturated rings. The minimum absolute atomic E-state index is 0.0179. The molecule has 3 N–H and O–H groups in total. The van der Waals surface area contributed by atoms with Gasteiger partial charge in [-0.05, 0) is 62.1 Å². The van der Waals surface area contributed by atoms with Crippen LogP contribution in [0.15, 0.2) is 24.5 Å². The zero-order valence-corrected chi connectivity index (χ0v) is 17.3. The number of aromatic nitrogens is 2. The van der Waals surface area contributed by atoms with Crippen LogP contribution in [-0.2, 0) is 4.79 Å². The first kappa shape index (κ1) is 21.0. The highest BCUT2D eigenvalue weighted by atomic mass is 19.1. The number of anilines is 2. The lowest BCUT2D eigenvalue weighted by molar-refractivity contribution is -0.138. The van der Waals surface area contributed by atoms with Crippen molar-refractivity contribution in [2.24, 2.45) is 5.92 Å². The Morgan fingerprint density at radius 1 is 1.29 bits per heavy atom. The van der Waals surface area contributed by atoms with Crippen molar-refractivity contribution in [3.8, 4) is 5.88 Å². The van der Waals surface area contributed by atoms with E-state index < -0.39 is 11.9 Å². The van der Waals surface area contributed by atoms with Crippen LogP contribution < -0.4 is 15.4 Å². The molecule has 164 valence electrons. The summed E-state index contributed by atoms with van der Waals surface area (Å²) >= 11 is 0. The van der Waals surface area contributed by atoms with Gasteiger partial charge < -0.3 is 20.5 Å². The van der Waals surface area contributed by atoms with Gasteiger partial charge in [0.15, 0.2) is 0 Å². The van der Waals surface area contributed by atoms with Gasteiger partial charge in [0.2, 0.25) is 5.88 Å². The number of nitrogens with two attached hydrogens (primary N) is 1. The van der Waals surface area contributed by atoms with Gasteiger partial charge in [0.1, 0.15) is 29.6 Å². The van der Waals surface area contributed by atoms with Crippen molar-refractivity contribution < 1.29 is 23.8 Å². The summed E-state index contributed by atoms with van der Waals surface area (Å²) in [4.78, 5) is 33.4. The maximum atomic E-state index is 15.1. The molecule has 0 spiro atoms. The number of amides is 1. The first-order valence-corrected chi connectivity index (χ1v) is 10.4. The van der Waals surface area contributed by atoms with Crippen LogP contribution in [0.5, 0.6) is 5.88 Å². The molecule has 8 nitrogen and oxygen atoms in total. The molecule has 0 bridgehead atoms. The Kier molecular flexibility index (Phi) is 5.75. The van der Waals surface area contributed by atoms with Crippen LogP contribution in [0.25, 0.3) is 0 Å². The number of nitrogens with zero attached hydrogens (tertiary/aromatic N) is 3. The van der Waals surface area contributed by atoms with Gasteiger partial charge in [-0.2, -0.15) is 0 Å². The third-order valence-corrected chi connectivity index (χ3v) is 6.10. The molecule has 0 unspecified atom stereocenters.